The highest BCUT2D eigenvalue weighted by atomic mass is 16.3. The predicted molar refractivity (Wildman–Crippen MR) is 97.0 cm³/mol. The van der Waals surface area contributed by atoms with Gasteiger partial charge in [0, 0.05) is 22.5 Å². The maximum absolute atomic E-state index is 8.30. The third kappa shape index (κ3) is 2.28. The van der Waals surface area contributed by atoms with Gasteiger partial charge in [0.2, 0.25) is 5.69 Å². The van der Waals surface area contributed by atoms with E-state index in [-0.39, 0.29) is 0 Å². The van der Waals surface area contributed by atoms with Crippen molar-refractivity contribution in [2.24, 2.45) is 7.05 Å². The van der Waals surface area contributed by atoms with Crippen molar-refractivity contribution in [2.75, 3.05) is 0 Å². The highest BCUT2D eigenvalue weighted by Crippen LogP contribution is 2.31. The van der Waals surface area contributed by atoms with E-state index < -0.39 is 12.7 Å². The van der Waals surface area contributed by atoms with Crippen LogP contribution < -0.4 is 4.57 Å². The van der Waals surface area contributed by atoms with Crippen LogP contribution in [0.1, 0.15) is 36.4 Å². The quantitative estimate of drug-likeness (QED) is 0.491. The summed E-state index contributed by atoms with van der Waals surface area (Å²) in [4.78, 5) is 4.76. The number of fused-ring (bicyclic) bond motifs is 3. The molecule has 0 aliphatic heterocycles. The molecule has 0 amide bonds. The van der Waals surface area contributed by atoms with Crippen molar-refractivity contribution < 1.29 is 14.5 Å². The van der Waals surface area contributed by atoms with Gasteiger partial charge in [-0.2, -0.15) is 0 Å². The molecule has 0 saturated carbocycles. The fraction of sp³-hybridized carbons (Fsp3) is 0.238. The molecule has 0 N–H and O–H groups in total. The van der Waals surface area contributed by atoms with E-state index in [2.05, 4.69) is 0 Å². The first-order chi connectivity index (χ1) is 13.1. The number of pyridine rings is 2. The van der Waals surface area contributed by atoms with E-state index in [4.69, 9.17) is 14.9 Å². The van der Waals surface area contributed by atoms with E-state index >= 15 is 0 Å². The molecule has 120 valence electrons. The largest absolute Gasteiger partial charge is 0.454 e. The molecular formula is C21H21N2O+. The zero-order chi connectivity index (χ0) is 20.3. The number of nitrogens with zero attached hydrogens (tertiary/aromatic N) is 2. The average molecular weight is 321 g/mol. The summed E-state index contributed by atoms with van der Waals surface area (Å²) < 4.78 is 39.1. The van der Waals surface area contributed by atoms with Crippen molar-refractivity contribution in [1.82, 2.24) is 4.98 Å². The van der Waals surface area contributed by atoms with Crippen LogP contribution in [0.5, 0.6) is 0 Å². The highest BCUT2D eigenvalue weighted by Gasteiger charge is 2.18. The smallest absolute Gasteiger partial charge is 0.214 e. The Balaban J connectivity index is 1.86. The predicted octanol–water partition coefficient (Wildman–Crippen LogP) is 4.90. The molecule has 3 heteroatoms. The molecule has 0 radical (unpaired) electrons. The van der Waals surface area contributed by atoms with Gasteiger partial charge in [-0.25, -0.2) is 9.55 Å². The molecule has 24 heavy (non-hydrogen) atoms. The van der Waals surface area contributed by atoms with Crippen molar-refractivity contribution in [1.29, 1.82) is 0 Å². The number of aromatic nitrogens is 2. The van der Waals surface area contributed by atoms with Gasteiger partial charge in [-0.1, -0.05) is 25.9 Å². The van der Waals surface area contributed by atoms with E-state index in [0.717, 1.165) is 33.4 Å². The Labute approximate surface area is 147 Å². The van der Waals surface area contributed by atoms with Gasteiger partial charge in [0.1, 0.15) is 18.1 Å². The third-order valence-corrected chi connectivity index (χ3v) is 4.38. The van der Waals surface area contributed by atoms with Gasteiger partial charge in [-0.05, 0) is 37.1 Å². The number of benzene rings is 1. The molecule has 0 saturated heterocycles. The molecule has 0 spiro atoms. The van der Waals surface area contributed by atoms with Crippen molar-refractivity contribution in [3.63, 3.8) is 0 Å². The van der Waals surface area contributed by atoms with Crippen LogP contribution in [0.25, 0.3) is 33.3 Å². The summed E-state index contributed by atoms with van der Waals surface area (Å²) >= 11 is 0. The Morgan fingerprint density at radius 1 is 1.21 bits per heavy atom. The minimum absolute atomic E-state index is 0.439. The Morgan fingerprint density at radius 3 is 2.83 bits per heavy atom. The Bertz CT molecular complexity index is 1210. The lowest BCUT2D eigenvalue weighted by atomic mass is 10.0. The average Bonchev–Trinajstić information content (AvgIpc) is 2.98. The zero-order valence-electron chi connectivity index (χ0n) is 17.9. The van der Waals surface area contributed by atoms with Crippen LogP contribution in [-0.4, -0.2) is 4.98 Å². The van der Waals surface area contributed by atoms with E-state index in [1.807, 2.05) is 54.9 Å². The van der Waals surface area contributed by atoms with Gasteiger partial charge in [0.05, 0.1) is 11.3 Å². The van der Waals surface area contributed by atoms with Crippen LogP contribution in [0.15, 0.2) is 53.1 Å². The summed E-state index contributed by atoms with van der Waals surface area (Å²) in [6, 6.07) is 13.3. The van der Waals surface area contributed by atoms with Crippen LogP contribution >= 0.6 is 0 Å². The van der Waals surface area contributed by atoms with E-state index in [9.17, 15) is 0 Å². The van der Waals surface area contributed by atoms with Crippen molar-refractivity contribution in [2.45, 2.75) is 26.6 Å². The van der Waals surface area contributed by atoms with E-state index in [0.29, 0.717) is 11.1 Å². The molecule has 3 aromatic heterocycles. The minimum Gasteiger partial charge on any atom is -0.454 e. The van der Waals surface area contributed by atoms with Crippen LogP contribution in [-0.2, 0) is 7.05 Å². The van der Waals surface area contributed by atoms with Gasteiger partial charge >= 0.3 is 0 Å². The molecule has 4 rings (SSSR count). The van der Waals surface area contributed by atoms with Crippen LogP contribution in [0.2, 0.25) is 0 Å². The number of rotatable bonds is 2. The zero-order valence-corrected chi connectivity index (χ0v) is 13.9. The number of para-hydroxylation sites is 1. The molecule has 0 aliphatic rings. The number of aryl methyl sites for hydroxylation is 2. The first kappa shape index (κ1) is 11.0. The number of furan rings is 1. The molecule has 1 unspecified atom stereocenters. The summed E-state index contributed by atoms with van der Waals surface area (Å²) in [7, 11) is 1.84. The summed E-state index contributed by atoms with van der Waals surface area (Å²) in [5, 5.41) is 0.981. The Morgan fingerprint density at radius 2 is 2.04 bits per heavy atom. The minimum atomic E-state index is -2.41. The Hall–Kier alpha value is -2.68. The second-order valence-corrected chi connectivity index (χ2v) is 6.11. The lowest BCUT2D eigenvalue weighted by Gasteiger charge is -2.07. The fourth-order valence-electron chi connectivity index (χ4n) is 3.10. The number of hydrogen-bond acceptors (Lipinski definition) is 2. The van der Waals surface area contributed by atoms with Gasteiger partial charge in [-0.15, -0.1) is 0 Å². The fourth-order valence-corrected chi connectivity index (χ4v) is 3.10. The third-order valence-electron chi connectivity index (χ3n) is 4.38. The van der Waals surface area contributed by atoms with Crippen molar-refractivity contribution >= 4 is 22.1 Å². The summed E-state index contributed by atoms with van der Waals surface area (Å²) in [6.07, 6.45) is 1.71. The van der Waals surface area contributed by atoms with Crippen LogP contribution in [0, 0.1) is 6.92 Å². The first-order valence-electron chi connectivity index (χ1n) is 9.89. The second-order valence-electron chi connectivity index (χ2n) is 6.11. The molecule has 0 fully saturated rings. The maximum atomic E-state index is 8.30. The SMILES string of the molecule is [2H]C([2H])([2H])C([2H])(C)c1ccc(-c2cc3oc4ccccc4c3nc2C)[n+](C)c1. The topological polar surface area (TPSA) is 29.9 Å². The molecule has 1 aromatic carbocycles. The molecule has 3 nitrogen and oxygen atoms in total. The second kappa shape index (κ2) is 5.45. The van der Waals surface area contributed by atoms with Gasteiger partial charge in [0.25, 0.3) is 0 Å². The van der Waals surface area contributed by atoms with Crippen LogP contribution in [0.4, 0.5) is 0 Å². The molecule has 1 atom stereocenters. The molecule has 0 bridgehead atoms. The normalized spacial score (nSPS) is 17.1. The van der Waals surface area contributed by atoms with Gasteiger partial charge in [-0.3, -0.25) is 0 Å². The van der Waals surface area contributed by atoms with Gasteiger partial charge in [0.15, 0.2) is 11.8 Å². The first-order valence-corrected chi connectivity index (χ1v) is 7.89. The molecule has 3 heterocycles. The van der Waals surface area contributed by atoms with Crippen molar-refractivity contribution in [3.05, 3.63) is 59.9 Å². The molecule has 0 aliphatic carbocycles. The summed E-state index contributed by atoms with van der Waals surface area (Å²) in [5.74, 6) is -1.68. The monoisotopic (exact) mass is 321 g/mol. The van der Waals surface area contributed by atoms with Crippen LogP contribution in [0.3, 0.4) is 0 Å². The molecular weight excluding hydrogens is 296 g/mol. The maximum Gasteiger partial charge on any atom is 0.214 e. The van der Waals surface area contributed by atoms with Gasteiger partial charge < -0.3 is 4.42 Å². The standard InChI is InChI=1S/C21H21N2O/c1-13(2)15-9-10-18(23(4)12-15)17-11-20-21(22-14(17)3)16-7-5-6-8-19(16)24-20/h5-13H,1-4H3/q+1/i1D3,13D. The van der Waals surface area contributed by atoms with Crippen molar-refractivity contribution in [3.8, 4) is 11.3 Å². The lowest BCUT2D eigenvalue weighted by molar-refractivity contribution is -0.660. The lowest BCUT2D eigenvalue weighted by Crippen LogP contribution is -2.31. The molecule has 4 aromatic rings. The van der Waals surface area contributed by atoms with E-state index in [1.54, 1.807) is 12.3 Å². The summed E-state index contributed by atoms with van der Waals surface area (Å²) in [5.41, 5.74) is 5.40. The summed E-state index contributed by atoms with van der Waals surface area (Å²) in [6.45, 7) is 0.954. The van der Waals surface area contributed by atoms with E-state index in [1.165, 1.54) is 6.92 Å². The number of hydrogen-bond donors (Lipinski definition) is 0. The Kier molecular flexibility index (Phi) is 2.49. The highest BCUT2D eigenvalue weighted by molar-refractivity contribution is 6.03.